The van der Waals surface area contributed by atoms with Crippen LogP contribution in [0.4, 0.5) is 14.5 Å². The molecule has 1 fully saturated rings. The average molecular weight is 286 g/mol. The van der Waals surface area contributed by atoms with Crippen LogP contribution in [0, 0.1) is 21.7 Å². The largest absolute Gasteiger partial charge is 0.490 e. The van der Waals surface area contributed by atoms with E-state index in [0.717, 1.165) is 38.3 Å². The first-order valence-corrected chi connectivity index (χ1v) is 6.57. The van der Waals surface area contributed by atoms with Crippen molar-refractivity contribution in [3.05, 3.63) is 33.9 Å². The summed E-state index contributed by atoms with van der Waals surface area (Å²) in [5.74, 6) is -2.30. The Bertz CT molecular complexity index is 491. The molecule has 20 heavy (non-hydrogen) atoms. The summed E-state index contributed by atoms with van der Waals surface area (Å²) in [4.78, 5) is 9.48. The minimum atomic E-state index is -1.09. The zero-order chi connectivity index (χ0) is 14.5. The van der Waals surface area contributed by atoms with Crippen molar-refractivity contribution in [3.63, 3.8) is 0 Å². The van der Waals surface area contributed by atoms with Crippen molar-refractivity contribution < 1.29 is 18.4 Å². The van der Waals surface area contributed by atoms with Crippen molar-refractivity contribution in [1.82, 2.24) is 5.32 Å². The van der Waals surface area contributed by atoms with Crippen LogP contribution < -0.4 is 10.1 Å². The fourth-order valence-electron chi connectivity index (χ4n) is 2.28. The number of nitro benzene ring substituents is 1. The molecule has 1 aromatic carbocycles. The van der Waals surface area contributed by atoms with Gasteiger partial charge in [-0.2, -0.15) is 4.39 Å². The topological polar surface area (TPSA) is 64.4 Å². The molecular formula is C13H16F2N2O3. The molecule has 110 valence electrons. The van der Waals surface area contributed by atoms with Gasteiger partial charge in [0.25, 0.3) is 0 Å². The van der Waals surface area contributed by atoms with Crippen LogP contribution in [0.25, 0.3) is 0 Å². The molecule has 0 radical (unpaired) electrons. The van der Waals surface area contributed by atoms with Crippen LogP contribution in [0.1, 0.15) is 25.7 Å². The van der Waals surface area contributed by atoms with Gasteiger partial charge in [-0.05, 0) is 32.2 Å². The minimum absolute atomic E-state index is 0.256. The van der Waals surface area contributed by atoms with Crippen LogP contribution in [0.15, 0.2) is 12.1 Å². The number of nitro groups is 1. The maximum absolute atomic E-state index is 13.5. The fourth-order valence-corrected chi connectivity index (χ4v) is 2.28. The molecule has 5 nitrogen and oxygen atoms in total. The maximum Gasteiger partial charge on any atom is 0.307 e. The number of nitrogens with one attached hydrogen (secondary N) is 1. The molecule has 1 unspecified atom stereocenters. The molecule has 7 heteroatoms. The second kappa shape index (κ2) is 6.60. The van der Waals surface area contributed by atoms with Gasteiger partial charge in [0.15, 0.2) is 11.6 Å². The van der Waals surface area contributed by atoms with Gasteiger partial charge < -0.3 is 10.1 Å². The highest BCUT2D eigenvalue weighted by atomic mass is 19.1. The molecule has 1 atom stereocenters. The number of hydrogen-bond donors (Lipinski definition) is 1. The van der Waals surface area contributed by atoms with Gasteiger partial charge in [-0.3, -0.25) is 10.1 Å². The highest BCUT2D eigenvalue weighted by Gasteiger charge is 2.19. The molecule has 1 aliphatic heterocycles. The first-order chi connectivity index (χ1) is 9.58. The van der Waals surface area contributed by atoms with Gasteiger partial charge in [0.1, 0.15) is 0 Å². The maximum atomic E-state index is 13.5. The van der Waals surface area contributed by atoms with E-state index >= 15 is 0 Å². The SMILES string of the molecule is O=[N+]([O-])c1cc(F)c(OCCCC2CCCN2)cc1F. The van der Waals surface area contributed by atoms with Gasteiger partial charge >= 0.3 is 5.69 Å². The number of nitrogens with zero attached hydrogens (tertiary/aromatic N) is 1. The van der Waals surface area contributed by atoms with Crippen LogP contribution in [0.5, 0.6) is 5.75 Å². The predicted molar refractivity (Wildman–Crippen MR) is 68.8 cm³/mol. The van der Waals surface area contributed by atoms with Crippen LogP contribution >= 0.6 is 0 Å². The van der Waals surface area contributed by atoms with Gasteiger partial charge in [0.2, 0.25) is 5.82 Å². The molecule has 2 rings (SSSR count). The lowest BCUT2D eigenvalue weighted by Gasteiger charge is -2.11. The van der Waals surface area contributed by atoms with Gasteiger partial charge in [0.05, 0.1) is 17.6 Å². The third-order valence-electron chi connectivity index (χ3n) is 3.31. The number of ether oxygens (including phenoxy) is 1. The van der Waals surface area contributed by atoms with E-state index in [1.165, 1.54) is 0 Å². The van der Waals surface area contributed by atoms with Crippen LogP contribution in [-0.4, -0.2) is 24.1 Å². The van der Waals surface area contributed by atoms with E-state index in [0.29, 0.717) is 12.1 Å². The third-order valence-corrected chi connectivity index (χ3v) is 3.31. The van der Waals surface area contributed by atoms with Crippen molar-refractivity contribution in [1.29, 1.82) is 0 Å². The summed E-state index contributed by atoms with van der Waals surface area (Å²) < 4.78 is 32.0. The van der Waals surface area contributed by atoms with Crippen LogP contribution in [0.2, 0.25) is 0 Å². The highest BCUT2D eigenvalue weighted by Crippen LogP contribution is 2.26. The second-order valence-corrected chi connectivity index (χ2v) is 4.78. The van der Waals surface area contributed by atoms with Gasteiger partial charge in [-0.15, -0.1) is 0 Å². The van der Waals surface area contributed by atoms with E-state index < -0.39 is 22.2 Å². The lowest BCUT2D eigenvalue weighted by molar-refractivity contribution is -0.387. The smallest absolute Gasteiger partial charge is 0.307 e. The Morgan fingerprint density at radius 2 is 2.20 bits per heavy atom. The van der Waals surface area contributed by atoms with E-state index in [4.69, 9.17) is 4.74 Å². The Labute approximate surface area is 115 Å². The van der Waals surface area contributed by atoms with Gasteiger partial charge in [-0.25, -0.2) is 4.39 Å². The number of hydrogen-bond acceptors (Lipinski definition) is 4. The third kappa shape index (κ3) is 3.63. The summed E-state index contributed by atoms with van der Waals surface area (Å²) in [5.41, 5.74) is -0.884. The van der Waals surface area contributed by atoms with Crippen LogP contribution in [0.3, 0.4) is 0 Å². The van der Waals surface area contributed by atoms with E-state index in [-0.39, 0.29) is 12.4 Å². The Hall–Kier alpha value is -1.76. The van der Waals surface area contributed by atoms with E-state index in [9.17, 15) is 18.9 Å². The second-order valence-electron chi connectivity index (χ2n) is 4.78. The van der Waals surface area contributed by atoms with Gasteiger partial charge in [-0.1, -0.05) is 0 Å². The summed E-state index contributed by atoms with van der Waals surface area (Å²) in [7, 11) is 0. The monoisotopic (exact) mass is 286 g/mol. The van der Waals surface area contributed by atoms with Crippen molar-refractivity contribution in [2.75, 3.05) is 13.2 Å². The summed E-state index contributed by atoms with van der Waals surface area (Å²) in [5, 5.41) is 13.8. The average Bonchev–Trinajstić information content (AvgIpc) is 2.90. The molecule has 0 aromatic heterocycles. The van der Waals surface area contributed by atoms with Crippen molar-refractivity contribution >= 4 is 5.69 Å². The Morgan fingerprint density at radius 1 is 1.40 bits per heavy atom. The summed E-state index contributed by atoms with van der Waals surface area (Å²) in [6.45, 7) is 1.28. The van der Waals surface area contributed by atoms with E-state index in [1.807, 2.05) is 0 Å². The molecule has 0 bridgehead atoms. The lowest BCUT2D eigenvalue weighted by atomic mass is 10.1. The molecule has 0 amide bonds. The van der Waals surface area contributed by atoms with Crippen LogP contribution in [-0.2, 0) is 0 Å². The zero-order valence-corrected chi connectivity index (χ0v) is 10.9. The lowest BCUT2D eigenvalue weighted by Crippen LogP contribution is -2.21. The first kappa shape index (κ1) is 14.6. The minimum Gasteiger partial charge on any atom is -0.490 e. The summed E-state index contributed by atoms with van der Waals surface area (Å²) in [6, 6.07) is 1.74. The molecule has 1 saturated heterocycles. The Kier molecular flexibility index (Phi) is 4.84. The van der Waals surface area contributed by atoms with Gasteiger partial charge in [0, 0.05) is 12.1 Å². The fraction of sp³-hybridized carbons (Fsp3) is 0.538. The molecular weight excluding hydrogens is 270 g/mol. The molecule has 0 saturated carbocycles. The Balaban J connectivity index is 1.86. The predicted octanol–water partition coefficient (Wildman–Crippen LogP) is 2.78. The Morgan fingerprint density at radius 3 is 2.85 bits per heavy atom. The molecule has 1 N–H and O–H groups in total. The van der Waals surface area contributed by atoms with E-state index in [1.54, 1.807) is 0 Å². The number of benzene rings is 1. The normalized spacial score (nSPS) is 18.2. The highest BCUT2D eigenvalue weighted by molar-refractivity contribution is 5.39. The molecule has 0 aliphatic carbocycles. The number of halogens is 2. The zero-order valence-electron chi connectivity index (χ0n) is 10.9. The summed E-state index contributed by atoms with van der Waals surface area (Å²) in [6.07, 6.45) is 3.92. The van der Waals surface area contributed by atoms with Crippen molar-refractivity contribution in [2.24, 2.45) is 0 Å². The standard InChI is InChI=1S/C13H16F2N2O3/c14-10-8-13(11(15)7-12(10)17(18)19)20-6-2-4-9-3-1-5-16-9/h7-9,16H,1-6H2. The first-order valence-electron chi connectivity index (χ1n) is 6.57. The van der Waals surface area contributed by atoms with Crippen molar-refractivity contribution in [2.45, 2.75) is 31.7 Å². The molecule has 1 heterocycles. The van der Waals surface area contributed by atoms with E-state index in [2.05, 4.69) is 5.32 Å². The molecule has 1 aromatic rings. The molecule has 0 spiro atoms. The van der Waals surface area contributed by atoms with Crippen molar-refractivity contribution in [3.8, 4) is 5.75 Å². The quantitative estimate of drug-likeness (QED) is 0.496. The summed E-state index contributed by atoms with van der Waals surface area (Å²) >= 11 is 0. The molecule has 1 aliphatic rings. The number of rotatable bonds is 6.